The topological polar surface area (TPSA) is 101 Å². The maximum Gasteiger partial charge on any atom is 0.294 e. The second-order valence-corrected chi connectivity index (χ2v) is 5.94. The highest BCUT2D eigenvalue weighted by atomic mass is 32.2. The van der Waals surface area contributed by atoms with E-state index >= 15 is 0 Å². The van der Waals surface area contributed by atoms with E-state index in [0.29, 0.717) is 0 Å². The molecule has 0 saturated carbocycles. The largest absolute Gasteiger partial charge is 0.385 e. The van der Waals surface area contributed by atoms with Crippen LogP contribution in [0.4, 0.5) is 0 Å². The molecule has 2 unspecified atom stereocenters. The fourth-order valence-electron chi connectivity index (χ4n) is 2.12. The average Bonchev–Trinajstić information content (AvgIpc) is 2.47. The third-order valence-electron chi connectivity index (χ3n) is 3.27. The van der Waals surface area contributed by atoms with Crippen molar-refractivity contribution in [3.63, 3.8) is 0 Å². The molecule has 1 aliphatic rings. The molecule has 1 aromatic carbocycles. The molecule has 0 amide bonds. The van der Waals surface area contributed by atoms with Gasteiger partial charge in [0.05, 0.1) is 4.91 Å². The molecule has 0 heterocycles. The smallest absolute Gasteiger partial charge is 0.294 e. The predicted octanol–water partition coefficient (Wildman–Crippen LogP) is 0.957. The van der Waals surface area contributed by atoms with Crippen LogP contribution >= 0.6 is 0 Å². The molecule has 7 heteroatoms. The van der Waals surface area contributed by atoms with E-state index in [2.05, 4.69) is 0 Å². The van der Waals surface area contributed by atoms with Gasteiger partial charge in [-0.3, -0.25) is 9.35 Å². The lowest BCUT2D eigenvalue weighted by Gasteiger charge is -2.33. The third-order valence-corrected chi connectivity index (χ3v) is 4.11. The molecule has 0 aromatic heterocycles. The highest BCUT2D eigenvalue weighted by Crippen LogP contribution is 2.31. The Bertz CT molecular complexity index is 704. The summed E-state index contributed by atoms with van der Waals surface area (Å²) in [7, 11) is -3.33. The van der Waals surface area contributed by atoms with Gasteiger partial charge in [-0.15, -0.1) is 0 Å². The number of hydrogen-bond donors (Lipinski definition) is 2. The van der Waals surface area contributed by atoms with Crippen molar-refractivity contribution < 1.29 is 27.6 Å². The Hall–Kier alpha value is -1.80. The van der Waals surface area contributed by atoms with Gasteiger partial charge in [-0.2, -0.15) is 8.42 Å². The normalized spacial score (nSPS) is 25.5. The molecule has 2 N–H and O–H groups in total. The minimum absolute atomic E-state index is 0.250. The average molecular weight is 310 g/mol. The van der Waals surface area contributed by atoms with Gasteiger partial charge in [-0.25, -0.2) is 0 Å². The Morgan fingerprint density at radius 3 is 2.43 bits per heavy atom. The third kappa shape index (κ3) is 2.81. The van der Waals surface area contributed by atoms with E-state index in [1.807, 2.05) is 0 Å². The Morgan fingerprint density at radius 1 is 1.29 bits per heavy atom. The molecular formula is C14H14O6S. The molecule has 0 saturated heterocycles. The zero-order chi connectivity index (χ0) is 15.7. The molecule has 6 nitrogen and oxygen atoms in total. The fourth-order valence-corrected chi connectivity index (χ4v) is 2.70. The first-order valence-corrected chi connectivity index (χ1v) is 7.47. The number of methoxy groups -OCH3 is 1. The quantitative estimate of drug-likeness (QED) is 0.634. The molecule has 21 heavy (non-hydrogen) atoms. The lowest BCUT2D eigenvalue weighted by atomic mass is 9.84. The van der Waals surface area contributed by atoms with Gasteiger partial charge in [0.25, 0.3) is 10.1 Å². The second kappa shape index (κ2) is 5.53. The Morgan fingerprint density at radius 2 is 1.90 bits per heavy atom. The highest BCUT2D eigenvalue weighted by Gasteiger charge is 2.46. The van der Waals surface area contributed by atoms with Gasteiger partial charge in [-0.05, 0) is 12.2 Å². The van der Waals surface area contributed by atoms with Crippen molar-refractivity contribution in [3.8, 4) is 0 Å². The number of ether oxygens (including phenoxy) is 1. The van der Waals surface area contributed by atoms with Gasteiger partial charge in [0, 0.05) is 12.7 Å². The Kier molecular flexibility index (Phi) is 4.11. The summed E-state index contributed by atoms with van der Waals surface area (Å²) in [6.45, 7) is 0. The first-order chi connectivity index (χ1) is 9.81. The minimum Gasteiger partial charge on any atom is -0.385 e. The van der Waals surface area contributed by atoms with Gasteiger partial charge in [0.15, 0.2) is 5.60 Å². The molecule has 2 rings (SSSR count). The number of benzene rings is 1. The summed E-state index contributed by atoms with van der Waals surface area (Å²) in [5.74, 6) is -0.608. The number of hydrogen-bond acceptors (Lipinski definition) is 5. The van der Waals surface area contributed by atoms with Crippen LogP contribution in [0.15, 0.2) is 53.5 Å². The number of allylic oxidation sites excluding steroid dienone is 1. The van der Waals surface area contributed by atoms with Gasteiger partial charge in [0.2, 0.25) is 5.78 Å². The summed E-state index contributed by atoms with van der Waals surface area (Å²) in [5.41, 5.74) is -1.65. The van der Waals surface area contributed by atoms with E-state index in [9.17, 15) is 18.3 Å². The van der Waals surface area contributed by atoms with Crippen LogP contribution < -0.4 is 0 Å². The number of rotatable bonds is 4. The minimum atomic E-state index is -4.52. The van der Waals surface area contributed by atoms with Crippen molar-refractivity contribution in [1.82, 2.24) is 0 Å². The van der Waals surface area contributed by atoms with Crippen LogP contribution in [0, 0.1) is 0 Å². The lowest BCUT2D eigenvalue weighted by Crippen LogP contribution is -2.50. The monoisotopic (exact) mass is 310 g/mol. The van der Waals surface area contributed by atoms with Crippen molar-refractivity contribution in [2.24, 2.45) is 0 Å². The molecule has 1 aromatic rings. The summed E-state index contributed by atoms with van der Waals surface area (Å²) in [4.78, 5) is 12.1. The van der Waals surface area contributed by atoms with E-state index in [4.69, 9.17) is 9.29 Å². The maximum atomic E-state index is 12.6. The van der Waals surface area contributed by atoms with Gasteiger partial charge >= 0.3 is 0 Å². The Labute approximate surface area is 122 Å². The maximum absolute atomic E-state index is 12.6. The van der Waals surface area contributed by atoms with E-state index in [-0.39, 0.29) is 5.56 Å². The first-order valence-electron chi connectivity index (χ1n) is 6.03. The van der Waals surface area contributed by atoms with Crippen LogP contribution in [0.5, 0.6) is 0 Å². The summed E-state index contributed by atoms with van der Waals surface area (Å²) >= 11 is 0. The van der Waals surface area contributed by atoms with Crippen molar-refractivity contribution in [1.29, 1.82) is 0 Å². The first kappa shape index (κ1) is 15.6. The van der Waals surface area contributed by atoms with Crippen LogP contribution in [0.2, 0.25) is 0 Å². The lowest BCUT2D eigenvalue weighted by molar-refractivity contribution is -0.0298. The number of ketones is 1. The molecule has 0 fully saturated rings. The predicted molar refractivity (Wildman–Crippen MR) is 75.3 cm³/mol. The van der Waals surface area contributed by atoms with Gasteiger partial charge in [0.1, 0.15) is 6.10 Å². The van der Waals surface area contributed by atoms with Gasteiger partial charge < -0.3 is 9.84 Å². The van der Waals surface area contributed by atoms with E-state index in [1.54, 1.807) is 18.2 Å². The molecule has 0 radical (unpaired) electrons. The number of carbonyl (C=O) groups excluding carboxylic acids is 1. The zero-order valence-electron chi connectivity index (χ0n) is 11.1. The van der Waals surface area contributed by atoms with E-state index < -0.39 is 32.5 Å². The molecular weight excluding hydrogens is 296 g/mol. The van der Waals surface area contributed by atoms with E-state index in [1.165, 1.54) is 19.2 Å². The standard InChI is InChI=1S/C14H14O6S/c1-20-14(13(16)10-5-3-2-4-6-10)9-11(21(17,18)19)7-8-12(14)15/h2-9,12,15H,1H3,(H,17,18,19). The van der Waals surface area contributed by atoms with Crippen molar-refractivity contribution in [3.05, 3.63) is 59.0 Å². The summed E-state index contributed by atoms with van der Waals surface area (Å²) in [6, 6.07) is 8.03. The van der Waals surface area contributed by atoms with Crippen LogP contribution in [0.1, 0.15) is 10.4 Å². The van der Waals surface area contributed by atoms with Crippen molar-refractivity contribution >= 4 is 15.9 Å². The summed E-state index contributed by atoms with van der Waals surface area (Å²) < 4.78 is 36.7. The number of aliphatic hydroxyl groups is 1. The molecule has 0 spiro atoms. The number of aliphatic hydroxyl groups excluding tert-OH is 1. The van der Waals surface area contributed by atoms with E-state index in [0.717, 1.165) is 18.2 Å². The van der Waals surface area contributed by atoms with Crippen LogP contribution in [0.3, 0.4) is 0 Å². The Balaban J connectivity index is 2.57. The van der Waals surface area contributed by atoms with Gasteiger partial charge in [-0.1, -0.05) is 36.4 Å². The van der Waals surface area contributed by atoms with Crippen molar-refractivity contribution in [2.45, 2.75) is 11.7 Å². The molecule has 0 bridgehead atoms. The highest BCUT2D eigenvalue weighted by molar-refractivity contribution is 7.90. The molecule has 1 aliphatic carbocycles. The molecule has 2 atom stereocenters. The van der Waals surface area contributed by atoms with Crippen LogP contribution in [-0.4, -0.2) is 42.7 Å². The van der Waals surface area contributed by atoms with Crippen LogP contribution in [0.25, 0.3) is 0 Å². The summed E-state index contributed by atoms with van der Waals surface area (Å²) in [5, 5.41) is 10.1. The number of Topliss-reactive ketones (excluding diaryl/α,β-unsaturated/α-hetero) is 1. The molecule has 112 valence electrons. The SMILES string of the molecule is COC1(C(=O)c2ccccc2)C=C(S(=O)(=O)O)C=CC1O. The van der Waals surface area contributed by atoms with Crippen molar-refractivity contribution in [2.75, 3.05) is 7.11 Å². The second-order valence-electron chi connectivity index (χ2n) is 4.52. The fraction of sp³-hybridized carbons (Fsp3) is 0.214. The molecule has 0 aliphatic heterocycles. The zero-order valence-corrected chi connectivity index (χ0v) is 11.9. The summed E-state index contributed by atoms with van der Waals surface area (Å²) in [6.07, 6.45) is 1.66. The van der Waals surface area contributed by atoms with Crippen LogP contribution in [-0.2, 0) is 14.9 Å². The number of carbonyl (C=O) groups is 1.